The molecule has 6 nitrogen and oxygen atoms in total. The van der Waals surface area contributed by atoms with Gasteiger partial charge in [0.25, 0.3) is 0 Å². The van der Waals surface area contributed by atoms with Crippen molar-refractivity contribution in [3.05, 3.63) is 52.8 Å². The first-order chi connectivity index (χ1) is 11.4. The number of carbonyl (C=O) groups is 3. The zero-order valence-electron chi connectivity index (χ0n) is 13.8. The normalized spacial score (nSPS) is 10.3. The number of carbonyl (C=O) groups excluding carboxylic acids is 3. The maximum absolute atomic E-state index is 12.2. The van der Waals surface area contributed by atoms with Crippen molar-refractivity contribution in [1.82, 2.24) is 0 Å². The summed E-state index contributed by atoms with van der Waals surface area (Å²) < 4.78 is 10.4. The number of amides is 1. The lowest BCUT2D eigenvalue weighted by atomic mass is 10.1. The van der Waals surface area contributed by atoms with Crippen LogP contribution in [0.4, 0.5) is 5.88 Å². The average molecular weight is 329 g/mol. The van der Waals surface area contributed by atoms with Gasteiger partial charge in [0, 0.05) is 0 Å². The highest BCUT2D eigenvalue weighted by Crippen LogP contribution is 2.28. The molecule has 0 atom stereocenters. The maximum atomic E-state index is 12.2. The summed E-state index contributed by atoms with van der Waals surface area (Å²) in [5.41, 5.74) is 0.912. The Morgan fingerprint density at radius 3 is 2.38 bits per heavy atom. The molecule has 0 aliphatic heterocycles. The van der Waals surface area contributed by atoms with Crippen LogP contribution in [0.2, 0.25) is 0 Å². The van der Waals surface area contributed by atoms with Crippen LogP contribution in [0.25, 0.3) is 0 Å². The summed E-state index contributed by atoms with van der Waals surface area (Å²) in [6, 6.07) is 9.16. The van der Waals surface area contributed by atoms with E-state index in [4.69, 9.17) is 9.15 Å². The van der Waals surface area contributed by atoms with Crippen molar-refractivity contribution in [3.63, 3.8) is 0 Å². The van der Waals surface area contributed by atoms with E-state index in [9.17, 15) is 14.4 Å². The first-order valence-electron chi connectivity index (χ1n) is 7.59. The van der Waals surface area contributed by atoms with E-state index in [1.165, 1.54) is 6.92 Å². The quantitative estimate of drug-likeness (QED) is 0.650. The van der Waals surface area contributed by atoms with Gasteiger partial charge in [0.15, 0.2) is 5.78 Å². The second-order valence-electron chi connectivity index (χ2n) is 5.22. The van der Waals surface area contributed by atoms with Crippen LogP contribution in [0.5, 0.6) is 0 Å². The van der Waals surface area contributed by atoms with E-state index in [1.807, 2.05) is 30.3 Å². The molecule has 0 bridgehead atoms. The Hall–Kier alpha value is -2.89. The maximum Gasteiger partial charge on any atom is 0.344 e. The van der Waals surface area contributed by atoms with E-state index >= 15 is 0 Å². The molecular formula is C18H19NO5. The monoisotopic (exact) mass is 329 g/mol. The van der Waals surface area contributed by atoms with E-state index in [-0.39, 0.29) is 47.5 Å². The third-order valence-corrected chi connectivity index (χ3v) is 3.38. The molecule has 126 valence electrons. The Balaban J connectivity index is 2.29. The highest BCUT2D eigenvalue weighted by Gasteiger charge is 2.28. The van der Waals surface area contributed by atoms with Gasteiger partial charge in [0.1, 0.15) is 11.3 Å². The molecule has 1 N–H and O–H groups in total. The molecule has 0 saturated heterocycles. The number of ether oxygens (including phenoxy) is 1. The van der Waals surface area contributed by atoms with Gasteiger partial charge in [0.05, 0.1) is 18.6 Å². The fourth-order valence-electron chi connectivity index (χ4n) is 2.41. The van der Waals surface area contributed by atoms with E-state index in [1.54, 1.807) is 13.8 Å². The van der Waals surface area contributed by atoms with Crippen molar-refractivity contribution in [2.24, 2.45) is 0 Å². The summed E-state index contributed by atoms with van der Waals surface area (Å²) in [5, 5.41) is 2.56. The predicted molar refractivity (Wildman–Crippen MR) is 88.2 cm³/mol. The molecule has 0 spiro atoms. The standard InChI is InChI=1S/C18H19NO5/c1-4-23-18(22)16-15(11(2)20)12(3)24-17(16)19-14(21)10-13-8-6-5-7-9-13/h5-9H,4,10H2,1-3H3,(H,19,21). The largest absolute Gasteiger partial charge is 0.462 e. The highest BCUT2D eigenvalue weighted by molar-refractivity contribution is 6.10. The second kappa shape index (κ2) is 7.59. The summed E-state index contributed by atoms with van der Waals surface area (Å²) in [4.78, 5) is 36.2. The Labute approximate surface area is 139 Å². The molecule has 6 heteroatoms. The van der Waals surface area contributed by atoms with Crippen molar-refractivity contribution in [1.29, 1.82) is 0 Å². The number of nitrogens with one attached hydrogen (secondary N) is 1. The van der Waals surface area contributed by atoms with Gasteiger partial charge in [-0.3, -0.25) is 14.9 Å². The fourth-order valence-corrected chi connectivity index (χ4v) is 2.41. The topological polar surface area (TPSA) is 85.6 Å². The van der Waals surface area contributed by atoms with Gasteiger partial charge in [-0.1, -0.05) is 30.3 Å². The van der Waals surface area contributed by atoms with Gasteiger partial charge >= 0.3 is 5.97 Å². The molecule has 0 radical (unpaired) electrons. The molecule has 0 fully saturated rings. The number of rotatable bonds is 6. The van der Waals surface area contributed by atoms with Crippen LogP contribution < -0.4 is 5.32 Å². The lowest BCUT2D eigenvalue weighted by Crippen LogP contribution is -2.17. The molecule has 0 aliphatic carbocycles. The first-order valence-corrected chi connectivity index (χ1v) is 7.59. The molecule has 1 heterocycles. The van der Waals surface area contributed by atoms with Crippen molar-refractivity contribution in [3.8, 4) is 0 Å². The molecule has 1 aromatic heterocycles. The summed E-state index contributed by atoms with van der Waals surface area (Å²) in [5.74, 6) is -1.18. The summed E-state index contributed by atoms with van der Waals surface area (Å²) in [6.45, 7) is 4.70. The molecule has 2 rings (SSSR count). The third kappa shape index (κ3) is 3.90. The van der Waals surface area contributed by atoms with Crippen LogP contribution in [0, 0.1) is 6.92 Å². The molecular weight excluding hydrogens is 310 g/mol. The van der Waals surface area contributed by atoms with Crippen molar-refractivity contribution >= 4 is 23.5 Å². The van der Waals surface area contributed by atoms with Gasteiger partial charge in [-0.05, 0) is 26.3 Å². The second-order valence-corrected chi connectivity index (χ2v) is 5.22. The SMILES string of the molecule is CCOC(=O)c1c(NC(=O)Cc2ccccc2)oc(C)c1C(C)=O. The van der Waals surface area contributed by atoms with Gasteiger partial charge < -0.3 is 9.15 Å². The molecule has 1 aromatic carbocycles. The molecule has 0 saturated carbocycles. The number of anilines is 1. The number of hydrogen-bond donors (Lipinski definition) is 1. The molecule has 24 heavy (non-hydrogen) atoms. The smallest absolute Gasteiger partial charge is 0.344 e. The van der Waals surface area contributed by atoms with E-state index < -0.39 is 5.97 Å². The Bertz CT molecular complexity index is 761. The molecule has 0 aliphatic rings. The number of aryl methyl sites for hydroxylation is 1. The lowest BCUT2D eigenvalue weighted by Gasteiger charge is -2.06. The lowest BCUT2D eigenvalue weighted by molar-refractivity contribution is -0.115. The van der Waals surface area contributed by atoms with Crippen LogP contribution in [0.15, 0.2) is 34.7 Å². The number of benzene rings is 1. The zero-order valence-corrected chi connectivity index (χ0v) is 13.8. The Morgan fingerprint density at radius 1 is 1.12 bits per heavy atom. The van der Waals surface area contributed by atoms with Crippen LogP contribution >= 0.6 is 0 Å². The fraction of sp³-hybridized carbons (Fsp3) is 0.278. The summed E-state index contributed by atoms with van der Waals surface area (Å²) in [6.07, 6.45) is 0.123. The summed E-state index contributed by atoms with van der Waals surface area (Å²) in [7, 11) is 0. The summed E-state index contributed by atoms with van der Waals surface area (Å²) >= 11 is 0. The van der Waals surface area contributed by atoms with E-state index in [2.05, 4.69) is 5.32 Å². The van der Waals surface area contributed by atoms with Gasteiger partial charge in [0.2, 0.25) is 11.8 Å². The number of Topliss-reactive ketones (excluding diaryl/α,β-unsaturated/α-hetero) is 1. The minimum absolute atomic E-state index is 0.0386. The molecule has 2 aromatic rings. The number of ketones is 1. The zero-order chi connectivity index (χ0) is 17.7. The van der Waals surface area contributed by atoms with Crippen molar-refractivity contribution < 1.29 is 23.5 Å². The van der Waals surface area contributed by atoms with Crippen LogP contribution in [0.1, 0.15) is 45.9 Å². The van der Waals surface area contributed by atoms with Crippen LogP contribution in [-0.4, -0.2) is 24.3 Å². The van der Waals surface area contributed by atoms with Crippen molar-refractivity contribution in [2.45, 2.75) is 27.2 Å². The van der Waals surface area contributed by atoms with Gasteiger partial charge in [-0.2, -0.15) is 0 Å². The van der Waals surface area contributed by atoms with E-state index in [0.29, 0.717) is 0 Å². The van der Waals surface area contributed by atoms with Gasteiger partial charge in [-0.25, -0.2) is 4.79 Å². The third-order valence-electron chi connectivity index (χ3n) is 3.38. The first kappa shape index (κ1) is 17.5. The van der Waals surface area contributed by atoms with Gasteiger partial charge in [-0.15, -0.1) is 0 Å². The average Bonchev–Trinajstić information content (AvgIpc) is 2.84. The van der Waals surface area contributed by atoms with Crippen molar-refractivity contribution in [2.75, 3.05) is 11.9 Å². The number of esters is 1. The molecule has 0 unspecified atom stereocenters. The Morgan fingerprint density at radius 2 is 1.79 bits per heavy atom. The Kier molecular flexibility index (Phi) is 5.52. The van der Waals surface area contributed by atoms with Crippen LogP contribution in [0.3, 0.4) is 0 Å². The highest BCUT2D eigenvalue weighted by atomic mass is 16.5. The minimum atomic E-state index is -0.699. The minimum Gasteiger partial charge on any atom is -0.462 e. The van der Waals surface area contributed by atoms with Crippen LogP contribution in [-0.2, 0) is 16.0 Å². The number of hydrogen-bond acceptors (Lipinski definition) is 5. The van der Waals surface area contributed by atoms with E-state index in [0.717, 1.165) is 5.56 Å². The predicted octanol–water partition coefficient (Wildman–Crippen LogP) is 3.15. The molecule has 1 amide bonds. The number of furan rings is 1.